The Labute approximate surface area is 69.7 Å². The van der Waals surface area contributed by atoms with Gasteiger partial charge in [-0.3, -0.25) is 0 Å². The van der Waals surface area contributed by atoms with Crippen LogP contribution in [-0.2, 0) is 6.61 Å². The lowest BCUT2D eigenvalue weighted by molar-refractivity contribution is 0.277. The molecule has 0 spiro atoms. The first-order valence-electron chi connectivity index (χ1n) is 3.72. The lowest BCUT2D eigenvalue weighted by atomic mass is 10.1. The van der Waals surface area contributed by atoms with E-state index < -0.39 is 0 Å². The molecule has 1 N–H and O–H groups in total. The second-order valence-corrected chi connectivity index (χ2v) is 2.54. The minimum atomic E-state index is -0.0612. The van der Waals surface area contributed by atoms with Gasteiger partial charge in [0.15, 0.2) is 0 Å². The molecule has 1 aromatic heterocycles. The third-order valence-corrected chi connectivity index (χ3v) is 1.80. The zero-order chi connectivity index (χ0) is 8.39. The third-order valence-electron chi connectivity index (χ3n) is 1.80. The fourth-order valence-corrected chi connectivity index (χ4v) is 1.20. The average molecular weight is 160 g/mol. The standard InChI is InChI=1S/C9H8N2O/c12-6-9-8-4-2-1-3-7(8)5-10-11-9/h1-5,12H,6H2. The molecule has 1 aromatic carbocycles. The molecule has 2 rings (SSSR count). The summed E-state index contributed by atoms with van der Waals surface area (Å²) in [5.41, 5.74) is 0.633. The summed E-state index contributed by atoms with van der Waals surface area (Å²) in [4.78, 5) is 0. The van der Waals surface area contributed by atoms with Crippen LogP contribution in [-0.4, -0.2) is 15.3 Å². The van der Waals surface area contributed by atoms with E-state index in [1.54, 1.807) is 6.20 Å². The summed E-state index contributed by atoms with van der Waals surface area (Å²) >= 11 is 0. The van der Waals surface area contributed by atoms with E-state index in [1.807, 2.05) is 24.3 Å². The number of benzene rings is 1. The Bertz CT molecular complexity index is 395. The van der Waals surface area contributed by atoms with E-state index in [4.69, 9.17) is 5.11 Å². The van der Waals surface area contributed by atoms with Crippen LogP contribution in [0.1, 0.15) is 5.69 Å². The first-order valence-corrected chi connectivity index (χ1v) is 3.72. The summed E-state index contributed by atoms with van der Waals surface area (Å²) in [6.45, 7) is -0.0612. The highest BCUT2D eigenvalue weighted by atomic mass is 16.3. The van der Waals surface area contributed by atoms with Gasteiger partial charge in [-0.1, -0.05) is 24.3 Å². The predicted molar refractivity (Wildman–Crippen MR) is 45.5 cm³/mol. The summed E-state index contributed by atoms with van der Waals surface area (Å²) in [5, 5.41) is 18.5. The predicted octanol–water partition coefficient (Wildman–Crippen LogP) is 1.12. The Kier molecular flexibility index (Phi) is 1.72. The van der Waals surface area contributed by atoms with Crippen LogP contribution in [0.15, 0.2) is 30.5 Å². The molecule has 0 aliphatic heterocycles. The van der Waals surface area contributed by atoms with Gasteiger partial charge in [-0.05, 0) is 0 Å². The number of aromatic nitrogens is 2. The summed E-state index contributed by atoms with van der Waals surface area (Å²) < 4.78 is 0. The summed E-state index contributed by atoms with van der Waals surface area (Å²) in [6, 6.07) is 7.73. The minimum absolute atomic E-state index is 0.0612. The molecule has 2 aromatic rings. The first-order chi connectivity index (χ1) is 5.92. The molecular formula is C9H8N2O. The molecule has 1 heterocycles. The molecular weight excluding hydrogens is 152 g/mol. The third kappa shape index (κ3) is 1.04. The smallest absolute Gasteiger partial charge is 0.0963 e. The van der Waals surface area contributed by atoms with Crippen LogP contribution < -0.4 is 0 Å². The van der Waals surface area contributed by atoms with Gasteiger partial charge in [0.2, 0.25) is 0 Å². The number of fused-ring (bicyclic) bond motifs is 1. The van der Waals surface area contributed by atoms with Gasteiger partial charge >= 0.3 is 0 Å². The number of aliphatic hydroxyl groups excluding tert-OH is 1. The van der Waals surface area contributed by atoms with E-state index in [1.165, 1.54) is 0 Å². The Morgan fingerprint density at radius 2 is 2.08 bits per heavy atom. The SMILES string of the molecule is OCc1nncc2ccccc12. The van der Waals surface area contributed by atoms with Crippen molar-refractivity contribution in [2.45, 2.75) is 6.61 Å². The molecule has 3 nitrogen and oxygen atoms in total. The van der Waals surface area contributed by atoms with Gasteiger partial charge < -0.3 is 5.11 Å². The summed E-state index contributed by atoms with van der Waals surface area (Å²) in [7, 11) is 0. The first kappa shape index (κ1) is 7.18. The maximum atomic E-state index is 8.93. The minimum Gasteiger partial charge on any atom is -0.390 e. The average Bonchev–Trinajstić information content (AvgIpc) is 2.17. The molecule has 0 unspecified atom stereocenters. The number of hydrogen-bond acceptors (Lipinski definition) is 3. The van der Waals surface area contributed by atoms with Gasteiger partial charge in [-0.15, -0.1) is 0 Å². The fourth-order valence-electron chi connectivity index (χ4n) is 1.20. The molecule has 0 bridgehead atoms. The van der Waals surface area contributed by atoms with E-state index in [-0.39, 0.29) is 6.61 Å². The van der Waals surface area contributed by atoms with Gasteiger partial charge in [0.1, 0.15) is 0 Å². The summed E-state index contributed by atoms with van der Waals surface area (Å²) in [6.07, 6.45) is 1.69. The monoisotopic (exact) mass is 160 g/mol. The van der Waals surface area contributed by atoms with E-state index in [0.29, 0.717) is 5.69 Å². The van der Waals surface area contributed by atoms with E-state index in [0.717, 1.165) is 10.8 Å². The maximum absolute atomic E-state index is 8.93. The van der Waals surface area contributed by atoms with Crippen molar-refractivity contribution < 1.29 is 5.11 Å². The zero-order valence-electron chi connectivity index (χ0n) is 6.44. The van der Waals surface area contributed by atoms with Crippen LogP contribution in [0.5, 0.6) is 0 Å². The van der Waals surface area contributed by atoms with Crippen molar-refractivity contribution >= 4 is 10.8 Å². The fraction of sp³-hybridized carbons (Fsp3) is 0.111. The molecule has 0 amide bonds. The van der Waals surface area contributed by atoms with Crippen molar-refractivity contribution in [1.82, 2.24) is 10.2 Å². The Hall–Kier alpha value is -1.48. The molecule has 0 atom stereocenters. The van der Waals surface area contributed by atoms with Crippen LogP contribution in [0.4, 0.5) is 0 Å². The van der Waals surface area contributed by atoms with Crippen molar-refractivity contribution in [2.24, 2.45) is 0 Å². The molecule has 12 heavy (non-hydrogen) atoms. The van der Waals surface area contributed by atoms with Gasteiger partial charge in [-0.25, -0.2) is 0 Å². The summed E-state index contributed by atoms with van der Waals surface area (Å²) in [5.74, 6) is 0. The zero-order valence-corrected chi connectivity index (χ0v) is 6.44. The van der Waals surface area contributed by atoms with Crippen molar-refractivity contribution in [3.05, 3.63) is 36.2 Å². The van der Waals surface area contributed by atoms with Crippen LogP contribution in [0, 0.1) is 0 Å². The number of aliphatic hydroxyl groups is 1. The van der Waals surface area contributed by atoms with Crippen LogP contribution >= 0.6 is 0 Å². The number of nitrogens with zero attached hydrogens (tertiary/aromatic N) is 2. The Morgan fingerprint density at radius 3 is 2.92 bits per heavy atom. The second-order valence-electron chi connectivity index (χ2n) is 2.54. The maximum Gasteiger partial charge on any atom is 0.0963 e. The highest BCUT2D eigenvalue weighted by Crippen LogP contribution is 2.14. The van der Waals surface area contributed by atoms with Gasteiger partial charge in [0.05, 0.1) is 18.5 Å². The van der Waals surface area contributed by atoms with Crippen LogP contribution in [0.25, 0.3) is 10.8 Å². The molecule has 0 aliphatic rings. The van der Waals surface area contributed by atoms with Crippen molar-refractivity contribution in [2.75, 3.05) is 0 Å². The Morgan fingerprint density at radius 1 is 1.25 bits per heavy atom. The number of hydrogen-bond donors (Lipinski definition) is 1. The van der Waals surface area contributed by atoms with Crippen molar-refractivity contribution in [3.63, 3.8) is 0 Å². The van der Waals surface area contributed by atoms with Crippen LogP contribution in [0.2, 0.25) is 0 Å². The molecule has 0 aliphatic carbocycles. The number of rotatable bonds is 1. The normalized spacial score (nSPS) is 10.4. The van der Waals surface area contributed by atoms with Crippen LogP contribution in [0.3, 0.4) is 0 Å². The molecule has 60 valence electrons. The molecule has 0 saturated heterocycles. The lowest BCUT2D eigenvalue weighted by Crippen LogP contribution is -1.92. The highest BCUT2D eigenvalue weighted by Gasteiger charge is 1.99. The molecule has 0 saturated carbocycles. The topological polar surface area (TPSA) is 46.0 Å². The largest absolute Gasteiger partial charge is 0.390 e. The van der Waals surface area contributed by atoms with Gasteiger partial charge in [0.25, 0.3) is 0 Å². The van der Waals surface area contributed by atoms with E-state index in [9.17, 15) is 0 Å². The van der Waals surface area contributed by atoms with Gasteiger partial charge in [0, 0.05) is 10.8 Å². The van der Waals surface area contributed by atoms with Crippen molar-refractivity contribution in [3.8, 4) is 0 Å². The quantitative estimate of drug-likeness (QED) is 0.680. The van der Waals surface area contributed by atoms with E-state index in [2.05, 4.69) is 10.2 Å². The van der Waals surface area contributed by atoms with Gasteiger partial charge in [-0.2, -0.15) is 10.2 Å². The Balaban J connectivity index is 2.79. The lowest BCUT2D eigenvalue weighted by Gasteiger charge is -1.99. The highest BCUT2D eigenvalue weighted by molar-refractivity contribution is 5.83. The van der Waals surface area contributed by atoms with E-state index >= 15 is 0 Å². The molecule has 0 fully saturated rings. The molecule has 3 heteroatoms. The second kappa shape index (κ2) is 2.87. The van der Waals surface area contributed by atoms with Crippen molar-refractivity contribution in [1.29, 1.82) is 0 Å². The molecule has 0 radical (unpaired) electrons.